The Labute approximate surface area is 580 Å². The molecule has 2 aliphatic carbocycles. The summed E-state index contributed by atoms with van der Waals surface area (Å²) in [5, 5.41) is 49.0. The van der Waals surface area contributed by atoms with E-state index in [4.69, 9.17) is 53.5 Å². The average molecular weight is 1400 g/mol. The zero-order valence-corrected chi connectivity index (χ0v) is 58.0. The van der Waals surface area contributed by atoms with E-state index in [1.807, 2.05) is 62.8 Å². The number of urea groups is 1. The summed E-state index contributed by atoms with van der Waals surface area (Å²) < 4.78 is 45.6. The van der Waals surface area contributed by atoms with E-state index < -0.39 is 17.3 Å². The second-order valence-electron chi connectivity index (χ2n) is 25.0. The molecular weight excluding hydrogens is 1300 g/mol. The van der Waals surface area contributed by atoms with Crippen LogP contribution in [0.25, 0.3) is 43.9 Å². The Hall–Kier alpha value is -8.19. The Morgan fingerprint density at radius 2 is 1.38 bits per heavy atom. The van der Waals surface area contributed by atoms with E-state index in [0.717, 1.165) is 30.7 Å². The second-order valence-corrected chi connectivity index (χ2v) is 26.2. The second kappa shape index (κ2) is 41.4. The monoisotopic (exact) mass is 1400 g/mol. The minimum atomic E-state index is -1.27. The molecule has 0 spiro atoms. The van der Waals surface area contributed by atoms with Gasteiger partial charge < -0.3 is 89.6 Å². The van der Waals surface area contributed by atoms with Gasteiger partial charge in [0.2, 0.25) is 17.7 Å². The van der Waals surface area contributed by atoms with Gasteiger partial charge in [-0.1, -0.05) is 31.4 Å². The Morgan fingerprint density at radius 1 is 0.717 bits per heavy atom. The van der Waals surface area contributed by atoms with Crippen LogP contribution >= 0.6 is 11.8 Å². The van der Waals surface area contributed by atoms with Crippen molar-refractivity contribution in [3.63, 3.8) is 0 Å². The first-order valence-electron chi connectivity index (χ1n) is 33.7. The number of aromatic carboxylic acids is 1. The summed E-state index contributed by atoms with van der Waals surface area (Å²) in [4.78, 5) is 102. The molecule has 3 atom stereocenters. The van der Waals surface area contributed by atoms with Crippen LogP contribution in [0.3, 0.4) is 0 Å². The average Bonchev–Trinajstić information content (AvgIpc) is 1.33. The number of nitrogens with one attached hydrogen (secondary N) is 6. The lowest BCUT2D eigenvalue weighted by Gasteiger charge is -2.30. The van der Waals surface area contributed by atoms with Crippen LogP contribution in [0.1, 0.15) is 98.8 Å². The van der Waals surface area contributed by atoms with Crippen molar-refractivity contribution < 1.29 is 81.4 Å². The number of nitrogens with zero attached hydrogens (tertiary/aromatic N) is 6. The van der Waals surface area contributed by atoms with Crippen LogP contribution in [0.15, 0.2) is 80.5 Å². The third-order valence-electron chi connectivity index (χ3n) is 16.6. The number of carbonyl (C=O) groups excluding carboxylic acids is 6. The number of carbonyl (C=O) groups is 7. The maximum Gasteiger partial charge on any atom is 0.336 e. The topological polar surface area (TPSA) is 389 Å². The molecule has 0 aromatic heterocycles. The zero-order chi connectivity index (χ0) is 70.9. The molecule has 2 aromatic rings. The minimum Gasteiger partial charge on any atom is -0.511 e. The van der Waals surface area contributed by atoms with Gasteiger partial charge in [-0.3, -0.25) is 29.0 Å². The number of ether oxygens (including phenoxy) is 7. The van der Waals surface area contributed by atoms with E-state index in [0.29, 0.717) is 116 Å². The first-order valence-corrected chi connectivity index (χ1v) is 34.8. The standard InChI is InChI=1S/C69H96N12O17S/c1-69(2)43-55(82)64(56(83)44-69)53(18-26-91-30-34-95-38-39-97-35-31-92-27-22-74-60(84)9-6-5-8-59-65-54(45-99-59)77-68(90)78-65)72-19-7-20-73-61(85)17-24-81(25-29-94-33-37-96-36-32-93-28-23-76-79-71)62(86)16-21-75-66(87)46-10-13-49(52(40-46)67(88)89)63-50-14-11-47(70)41-57(50)98-58-42-48(80(3)4)12-15-51(58)63/h10-15,40-42,54,59,65,70,82H,5-9,16-39,43-45H2,1-4H3,(H,73,85)(H,74,84)(H,75,87)(H,88,89)(H2,77,78,90)/t54-,59-,65-/m0/s1. The Bertz CT molecular complexity index is 3500. The molecule has 8 N–H and O–H groups in total. The number of aliphatic hydroxyl groups is 1. The molecule has 0 bridgehead atoms. The summed E-state index contributed by atoms with van der Waals surface area (Å²) in [6, 6.07) is 15.1. The van der Waals surface area contributed by atoms with Crippen molar-refractivity contribution in [3.8, 4) is 22.5 Å². The van der Waals surface area contributed by atoms with Crippen molar-refractivity contribution >= 4 is 75.5 Å². The highest BCUT2D eigenvalue weighted by molar-refractivity contribution is 8.00. The van der Waals surface area contributed by atoms with E-state index in [9.17, 15) is 43.8 Å². The number of aliphatic imine (C=N–C) groups is 1. The molecule has 7 rings (SSSR count). The molecule has 3 heterocycles. The zero-order valence-electron chi connectivity index (χ0n) is 57.2. The number of allylic oxidation sites excluding steroid dienone is 2. The lowest BCUT2D eigenvalue weighted by Crippen LogP contribution is -2.39. The summed E-state index contributed by atoms with van der Waals surface area (Å²) in [7, 11) is 3.77. The SMILES string of the molecule is CN(C)c1ccc2c(-c3ccc(C(=O)NCCC(=O)N(CCOCCOCCOCCN=[N+]=[N-])CCC(=O)NCCCN=C(CCOCCOCCOCCOCCNC(=O)CCCC[C@@H]4SC[C@@H]5NC(=O)N[C@@H]54)C4=C(O)CC(C)(C)CC4=O)cc3C(=O)O)c3ccc(=N)cc-3oc2c1. The summed E-state index contributed by atoms with van der Waals surface area (Å²) in [6.07, 6.45) is 4.11. The van der Waals surface area contributed by atoms with Gasteiger partial charge in [-0.2, -0.15) is 11.8 Å². The Kier molecular flexibility index (Phi) is 32.7. The predicted octanol–water partition coefficient (Wildman–Crippen LogP) is 6.59. The number of aliphatic hydroxyl groups excluding tert-OH is 1. The lowest BCUT2D eigenvalue weighted by atomic mass is 9.75. The maximum atomic E-state index is 13.8. The number of anilines is 1. The molecule has 0 unspecified atom stereocenters. The molecule has 2 aromatic carbocycles. The summed E-state index contributed by atoms with van der Waals surface area (Å²) in [6.45, 7) is 8.88. The molecule has 0 saturated carbocycles. The van der Waals surface area contributed by atoms with Crippen molar-refractivity contribution in [3.05, 3.63) is 92.9 Å². The highest BCUT2D eigenvalue weighted by atomic mass is 32.2. The molecule has 3 aliphatic heterocycles. The van der Waals surface area contributed by atoms with Crippen LogP contribution in [-0.2, 0) is 52.3 Å². The highest BCUT2D eigenvalue weighted by Crippen LogP contribution is 2.43. The number of amides is 6. The largest absolute Gasteiger partial charge is 0.511 e. The Balaban J connectivity index is 0.821. The molecule has 29 nitrogen and oxygen atoms in total. The van der Waals surface area contributed by atoms with Crippen molar-refractivity contribution in [2.24, 2.45) is 15.5 Å². The summed E-state index contributed by atoms with van der Waals surface area (Å²) in [5.41, 5.74) is 11.3. The fourth-order valence-corrected chi connectivity index (χ4v) is 13.1. The van der Waals surface area contributed by atoms with Gasteiger partial charge in [-0.15, -0.1) is 0 Å². The van der Waals surface area contributed by atoms with Crippen LogP contribution < -0.4 is 36.8 Å². The van der Waals surface area contributed by atoms with E-state index in [2.05, 4.69) is 36.6 Å². The van der Waals surface area contributed by atoms with E-state index in [-0.39, 0.29) is 181 Å². The molecule has 99 heavy (non-hydrogen) atoms. The van der Waals surface area contributed by atoms with Gasteiger partial charge in [-0.25, -0.2) is 9.59 Å². The molecule has 0 radical (unpaired) electrons. The maximum absolute atomic E-state index is 13.8. The molecule has 5 aliphatic rings. The van der Waals surface area contributed by atoms with Crippen molar-refractivity contribution in [1.29, 1.82) is 5.41 Å². The van der Waals surface area contributed by atoms with E-state index in [1.54, 1.807) is 24.3 Å². The van der Waals surface area contributed by atoms with Crippen LogP contribution in [0.5, 0.6) is 0 Å². The molecular formula is C69H96N12O17S. The Morgan fingerprint density at radius 3 is 2.08 bits per heavy atom. The normalized spacial score (nSPS) is 16.5. The van der Waals surface area contributed by atoms with Gasteiger partial charge >= 0.3 is 12.0 Å². The number of unbranched alkanes of at least 4 members (excludes halogenated alkanes) is 1. The van der Waals surface area contributed by atoms with Gasteiger partial charge in [-0.05, 0) is 72.2 Å². The van der Waals surface area contributed by atoms with E-state index >= 15 is 0 Å². The third kappa shape index (κ3) is 25.8. The quantitative estimate of drug-likeness (QED) is 0.00439. The smallest absolute Gasteiger partial charge is 0.336 e. The summed E-state index contributed by atoms with van der Waals surface area (Å²) >= 11 is 1.87. The van der Waals surface area contributed by atoms with Gasteiger partial charge in [0.05, 0.1) is 127 Å². The highest BCUT2D eigenvalue weighted by Gasteiger charge is 2.42. The number of hydrogen-bond acceptors (Lipinski definition) is 21. The minimum absolute atomic E-state index is 0.00832. The fraction of sp³-hybridized carbons (Fsp3) is 0.580. The molecule has 2 saturated heterocycles. The first-order chi connectivity index (χ1) is 47.8. The molecule has 30 heteroatoms. The van der Waals surface area contributed by atoms with E-state index in [1.165, 1.54) is 17.0 Å². The van der Waals surface area contributed by atoms with Crippen LogP contribution in [0.2, 0.25) is 0 Å². The number of carboxylic acid groups (broad SMARTS) is 1. The number of azide groups is 1. The van der Waals surface area contributed by atoms with Crippen LogP contribution in [-0.4, -0.2) is 238 Å². The van der Waals surface area contributed by atoms with Crippen molar-refractivity contribution in [1.82, 2.24) is 31.5 Å². The number of hydrogen-bond donors (Lipinski definition) is 8. The molecule has 2 fully saturated rings. The van der Waals surface area contributed by atoms with Gasteiger partial charge in [0.1, 0.15) is 17.1 Å². The van der Waals surface area contributed by atoms with Crippen molar-refractivity contribution in [2.45, 2.75) is 95.4 Å². The lowest BCUT2D eigenvalue weighted by molar-refractivity contribution is -0.132. The molecule has 540 valence electrons. The number of benzene rings is 3. The predicted molar refractivity (Wildman–Crippen MR) is 372 cm³/mol. The molecule has 6 amide bonds. The van der Waals surface area contributed by atoms with Crippen molar-refractivity contribution in [2.75, 3.05) is 163 Å². The number of fused-ring (bicyclic) bond motifs is 3. The third-order valence-corrected chi connectivity index (χ3v) is 18.1. The number of thioether (sulfide) groups is 1. The van der Waals surface area contributed by atoms with Crippen LogP contribution in [0.4, 0.5) is 10.5 Å². The van der Waals surface area contributed by atoms with Gasteiger partial charge in [0.25, 0.3) is 5.91 Å². The van der Waals surface area contributed by atoms with Crippen LogP contribution in [0, 0.1) is 10.8 Å². The fourth-order valence-electron chi connectivity index (χ4n) is 11.6. The number of Topliss-reactive ketones (excluding diaryl/α,β-unsaturated/α-hetero) is 1. The first kappa shape index (κ1) is 78.2. The van der Waals surface area contributed by atoms with Gasteiger partial charge in [0, 0.05) is 154 Å². The number of ketones is 1. The van der Waals surface area contributed by atoms with Gasteiger partial charge in [0.15, 0.2) is 5.78 Å². The number of carboxylic acids is 1. The summed E-state index contributed by atoms with van der Waals surface area (Å²) in [5.74, 6) is -1.53. The number of rotatable bonds is 47.